The van der Waals surface area contributed by atoms with Crippen LogP contribution in [0.15, 0.2) is 18.9 Å². The van der Waals surface area contributed by atoms with E-state index in [-0.39, 0.29) is 14.5 Å². The lowest BCUT2D eigenvalue weighted by Crippen LogP contribution is -2.35. The number of sulfonamides is 1. The van der Waals surface area contributed by atoms with Gasteiger partial charge in [0.05, 0.1) is 5.25 Å². The molecule has 0 radical (unpaired) electrons. The van der Waals surface area contributed by atoms with Crippen LogP contribution in [0.4, 0.5) is 0 Å². The third kappa shape index (κ3) is 4.30. The molecule has 1 aromatic heterocycles. The van der Waals surface area contributed by atoms with E-state index >= 15 is 0 Å². The Balaban J connectivity index is 2.48. The highest BCUT2D eigenvalue weighted by atomic mass is 32.3. The van der Waals surface area contributed by atoms with Crippen molar-refractivity contribution in [2.45, 2.75) is 52.8 Å². The molecule has 0 unspecified atom stereocenters. The Morgan fingerprint density at radius 2 is 2.20 bits per heavy atom. The third-order valence-corrected chi connectivity index (χ3v) is 9.84. The standard InChI is InChI=1S/C15H24N2O5S3/c1-4-16-13-9-11(7-6-8-22-3)24(18,19)15-12(13)10-14(23-15)25(20,21)17-5-2/h5,10-11,13,16H,4,6-9H2,1-3H3/b17-5-/t11-,13-/m0/s1. The molecule has 0 spiro atoms. The summed E-state index contributed by atoms with van der Waals surface area (Å²) in [6, 6.07) is 1.28. The first-order valence-corrected chi connectivity index (χ1v) is 11.9. The Bertz CT molecular complexity index is 827. The van der Waals surface area contributed by atoms with Gasteiger partial charge >= 0.3 is 0 Å². The van der Waals surface area contributed by atoms with Gasteiger partial charge < -0.3 is 10.1 Å². The summed E-state index contributed by atoms with van der Waals surface area (Å²) in [6.07, 6.45) is 2.76. The van der Waals surface area contributed by atoms with E-state index in [1.54, 1.807) is 7.11 Å². The number of ether oxygens (including phenoxy) is 1. The number of fused-ring (bicyclic) bond motifs is 1. The molecule has 0 aromatic carbocycles. The van der Waals surface area contributed by atoms with Gasteiger partial charge in [-0.2, -0.15) is 12.8 Å². The molecule has 2 rings (SSSR count). The second kappa shape index (κ2) is 8.26. The third-order valence-electron chi connectivity index (χ3n) is 4.10. The monoisotopic (exact) mass is 408 g/mol. The van der Waals surface area contributed by atoms with E-state index in [0.717, 1.165) is 11.3 Å². The number of nitrogens with zero attached hydrogens (tertiary/aromatic N) is 1. The molecule has 142 valence electrons. The summed E-state index contributed by atoms with van der Waals surface area (Å²) in [7, 11) is -5.83. The summed E-state index contributed by atoms with van der Waals surface area (Å²) in [6.45, 7) is 4.61. The van der Waals surface area contributed by atoms with Crippen molar-refractivity contribution in [1.82, 2.24) is 5.32 Å². The maximum atomic E-state index is 13.0. The summed E-state index contributed by atoms with van der Waals surface area (Å²) in [5, 5.41) is 2.73. The van der Waals surface area contributed by atoms with Gasteiger partial charge in [-0.05, 0) is 38.8 Å². The fourth-order valence-corrected chi connectivity index (χ4v) is 8.19. The zero-order chi connectivity index (χ0) is 18.7. The van der Waals surface area contributed by atoms with E-state index in [2.05, 4.69) is 9.71 Å². The molecule has 0 saturated carbocycles. The molecule has 2 heterocycles. The Kier molecular flexibility index (Phi) is 6.77. The van der Waals surface area contributed by atoms with Gasteiger partial charge in [-0.3, -0.25) is 0 Å². The van der Waals surface area contributed by atoms with Gasteiger partial charge in [0.1, 0.15) is 8.42 Å². The van der Waals surface area contributed by atoms with Crippen molar-refractivity contribution in [1.29, 1.82) is 0 Å². The van der Waals surface area contributed by atoms with Crippen LogP contribution in [-0.2, 0) is 24.6 Å². The molecule has 0 amide bonds. The molecule has 0 aliphatic carbocycles. The van der Waals surface area contributed by atoms with Gasteiger partial charge in [0.15, 0.2) is 9.84 Å². The van der Waals surface area contributed by atoms with Gasteiger partial charge in [-0.1, -0.05) is 6.92 Å². The molecule has 0 fully saturated rings. The summed E-state index contributed by atoms with van der Waals surface area (Å²) >= 11 is 0.801. The fraction of sp³-hybridized carbons (Fsp3) is 0.667. The number of sulfone groups is 1. The van der Waals surface area contributed by atoms with E-state index in [1.165, 1.54) is 19.2 Å². The first kappa shape index (κ1) is 20.5. The Labute approximate surface area is 153 Å². The summed E-state index contributed by atoms with van der Waals surface area (Å²) in [5.41, 5.74) is 0.541. The van der Waals surface area contributed by atoms with Crippen molar-refractivity contribution in [2.75, 3.05) is 20.3 Å². The van der Waals surface area contributed by atoms with Gasteiger partial charge in [0, 0.05) is 31.5 Å². The minimum atomic E-state index is -3.86. The highest BCUT2D eigenvalue weighted by Gasteiger charge is 2.41. The van der Waals surface area contributed by atoms with Crippen LogP contribution in [0.1, 0.15) is 44.7 Å². The van der Waals surface area contributed by atoms with Crippen LogP contribution in [0, 0.1) is 0 Å². The van der Waals surface area contributed by atoms with E-state index in [9.17, 15) is 16.8 Å². The predicted molar refractivity (Wildman–Crippen MR) is 98.8 cm³/mol. The lowest BCUT2D eigenvalue weighted by molar-refractivity contribution is 0.191. The minimum Gasteiger partial charge on any atom is -0.385 e. The first-order chi connectivity index (χ1) is 11.8. The number of rotatable bonds is 8. The second-order valence-electron chi connectivity index (χ2n) is 5.79. The van der Waals surface area contributed by atoms with Crippen LogP contribution in [0.25, 0.3) is 0 Å². The molecule has 1 aromatic rings. The largest absolute Gasteiger partial charge is 0.385 e. The smallest absolute Gasteiger partial charge is 0.291 e. The van der Waals surface area contributed by atoms with Gasteiger partial charge in [0.25, 0.3) is 10.0 Å². The zero-order valence-corrected chi connectivity index (χ0v) is 17.0. The molecule has 25 heavy (non-hydrogen) atoms. The van der Waals surface area contributed by atoms with Gasteiger partial charge in [-0.25, -0.2) is 8.42 Å². The highest BCUT2D eigenvalue weighted by molar-refractivity contribution is 7.96. The normalized spacial score (nSPS) is 23.0. The van der Waals surface area contributed by atoms with Crippen LogP contribution >= 0.6 is 11.3 Å². The molecule has 1 aliphatic heterocycles. The minimum absolute atomic E-state index is 0.0281. The number of hydrogen-bond acceptors (Lipinski definition) is 7. The van der Waals surface area contributed by atoms with E-state index < -0.39 is 25.1 Å². The summed E-state index contributed by atoms with van der Waals surface area (Å²) in [4.78, 5) is 0. The predicted octanol–water partition coefficient (Wildman–Crippen LogP) is 2.15. The molecule has 0 saturated heterocycles. The van der Waals surface area contributed by atoms with Crippen LogP contribution in [0.2, 0.25) is 0 Å². The summed E-state index contributed by atoms with van der Waals surface area (Å²) < 4.78 is 58.9. The molecule has 1 aliphatic rings. The Morgan fingerprint density at radius 3 is 2.80 bits per heavy atom. The van der Waals surface area contributed by atoms with Crippen LogP contribution in [-0.4, -0.2) is 48.6 Å². The quantitative estimate of drug-likeness (QED) is 0.522. The lowest BCUT2D eigenvalue weighted by atomic mass is 10.0. The Hall–Kier alpha value is -0.810. The van der Waals surface area contributed by atoms with Gasteiger partial charge in [0.2, 0.25) is 0 Å². The SMILES string of the molecule is C/C=N\S(=O)(=O)c1cc2c(s1)S(=O)(=O)[C@@H](CCCOC)C[C@@H]2NCC. The number of methoxy groups -OCH3 is 1. The number of nitrogens with one attached hydrogen (secondary N) is 1. The fourth-order valence-electron chi connectivity index (χ4n) is 2.98. The number of hydrogen-bond donors (Lipinski definition) is 1. The summed E-state index contributed by atoms with van der Waals surface area (Å²) in [5.74, 6) is 0. The van der Waals surface area contributed by atoms with E-state index in [1.807, 2.05) is 6.92 Å². The van der Waals surface area contributed by atoms with Crippen LogP contribution in [0.5, 0.6) is 0 Å². The van der Waals surface area contributed by atoms with Crippen molar-refractivity contribution >= 4 is 37.4 Å². The number of thiophene rings is 1. The average molecular weight is 409 g/mol. The first-order valence-electron chi connectivity index (χ1n) is 8.12. The van der Waals surface area contributed by atoms with Crippen molar-refractivity contribution in [2.24, 2.45) is 4.40 Å². The Morgan fingerprint density at radius 1 is 1.48 bits per heavy atom. The maximum Gasteiger partial charge on any atom is 0.291 e. The molecular weight excluding hydrogens is 384 g/mol. The van der Waals surface area contributed by atoms with Crippen LogP contribution < -0.4 is 5.32 Å². The maximum absolute atomic E-state index is 13.0. The van der Waals surface area contributed by atoms with E-state index in [0.29, 0.717) is 38.0 Å². The van der Waals surface area contributed by atoms with Crippen molar-refractivity contribution in [3.05, 3.63) is 11.6 Å². The van der Waals surface area contributed by atoms with Crippen molar-refractivity contribution in [3.8, 4) is 0 Å². The van der Waals surface area contributed by atoms with Crippen molar-refractivity contribution in [3.63, 3.8) is 0 Å². The van der Waals surface area contributed by atoms with Gasteiger partial charge in [-0.15, -0.1) is 11.3 Å². The van der Waals surface area contributed by atoms with E-state index in [4.69, 9.17) is 4.74 Å². The topological polar surface area (TPSA) is 102 Å². The lowest BCUT2D eigenvalue weighted by Gasteiger charge is -2.29. The zero-order valence-electron chi connectivity index (χ0n) is 14.6. The molecule has 0 bridgehead atoms. The molecule has 7 nitrogen and oxygen atoms in total. The highest BCUT2D eigenvalue weighted by Crippen LogP contribution is 2.44. The van der Waals surface area contributed by atoms with Crippen molar-refractivity contribution < 1.29 is 21.6 Å². The van der Waals surface area contributed by atoms with Crippen LogP contribution in [0.3, 0.4) is 0 Å². The molecular formula is C15H24N2O5S3. The average Bonchev–Trinajstić information content (AvgIpc) is 2.99. The molecule has 2 atom stereocenters. The second-order valence-corrected chi connectivity index (χ2v) is 11.1. The molecule has 1 N–H and O–H groups in total. The molecule has 10 heteroatoms.